The van der Waals surface area contributed by atoms with Gasteiger partial charge in [0.25, 0.3) is 11.2 Å². The third-order valence-corrected chi connectivity index (χ3v) is 4.82. The first-order valence-corrected chi connectivity index (χ1v) is 7.40. The van der Waals surface area contributed by atoms with Crippen LogP contribution in [0.3, 0.4) is 0 Å². The van der Waals surface area contributed by atoms with Crippen molar-refractivity contribution in [2.45, 2.75) is 68.0 Å². The maximum atomic E-state index is 12.8. The molecule has 2 nitrogen and oxygen atoms in total. The fourth-order valence-electron chi connectivity index (χ4n) is 3.22. The Morgan fingerprint density at radius 2 is 0.889 bits per heavy atom. The van der Waals surface area contributed by atoms with Crippen molar-refractivity contribution in [3.63, 3.8) is 0 Å². The van der Waals surface area contributed by atoms with Gasteiger partial charge in [-0.3, -0.25) is 0 Å². The van der Waals surface area contributed by atoms with Crippen molar-refractivity contribution in [3.05, 3.63) is 0 Å². The zero-order chi connectivity index (χ0) is 21.7. The van der Waals surface area contributed by atoms with Crippen molar-refractivity contribution < 1.29 is 62.9 Å². The maximum absolute atomic E-state index is 12.8. The molecule has 1 rings (SSSR count). The van der Waals surface area contributed by atoms with Crippen LogP contribution in [0.15, 0.2) is 0 Å². The van der Waals surface area contributed by atoms with E-state index in [4.69, 9.17) is 5.11 Å². The normalized spacial score (nSPS) is 24.2. The molecule has 1 aliphatic rings. The molecule has 0 heterocycles. The second-order valence-corrected chi connectivity index (χ2v) is 6.54. The summed E-state index contributed by atoms with van der Waals surface area (Å²) in [5, 5.41) is 18.3. The van der Waals surface area contributed by atoms with Gasteiger partial charge in [-0.1, -0.05) is 0 Å². The minimum atomic E-state index is -6.14. The summed E-state index contributed by atoms with van der Waals surface area (Å²) in [5.41, 5.74) is -10.3. The molecule has 0 aromatic heterocycles. The van der Waals surface area contributed by atoms with E-state index < -0.39 is 79.8 Å². The van der Waals surface area contributed by atoms with Gasteiger partial charge in [0.15, 0.2) is 0 Å². The van der Waals surface area contributed by atoms with Crippen molar-refractivity contribution in [2.24, 2.45) is 11.8 Å². The molecular weight excluding hydrogens is 416 g/mol. The monoisotopic (exact) mass is 430 g/mol. The van der Waals surface area contributed by atoms with E-state index in [0.29, 0.717) is 0 Å². The Labute approximate surface area is 144 Å². The predicted molar refractivity (Wildman–Crippen MR) is 64.2 cm³/mol. The van der Waals surface area contributed by atoms with E-state index in [1.807, 2.05) is 0 Å². The zero-order valence-corrected chi connectivity index (χ0v) is 13.1. The molecule has 0 aromatic rings. The van der Waals surface area contributed by atoms with Crippen LogP contribution < -0.4 is 0 Å². The molecule has 0 aromatic carbocycles. The molecule has 0 radical (unpaired) electrons. The molecule has 162 valence electrons. The van der Waals surface area contributed by atoms with Gasteiger partial charge in [-0.05, 0) is 38.0 Å². The van der Waals surface area contributed by atoms with Gasteiger partial charge in [-0.2, -0.15) is 52.7 Å². The summed E-state index contributed by atoms with van der Waals surface area (Å²) in [6.45, 7) is 0. The highest BCUT2D eigenvalue weighted by Crippen LogP contribution is 2.54. The number of halogens is 12. The van der Waals surface area contributed by atoms with Crippen molar-refractivity contribution >= 4 is 0 Å². The van der Waals surface area contributed by atoms with Crippen molar-refractivity contribution in [3.8, 4) is 0 Å². The minimum Gasteiger partial charge on any atom is -0.374 e. The fraction of sp³-hybridized carbons (Fsp3) is 1.00. The summed E-state index contributed by atoms with van der Waals surface area (Å²) in [4.78, 5) is 0. The molecule has 0 amide bonds. The Kier molecular flexibility index (Phi) is 6.12. The SMILES string of the molecule is OC(CC1CCC(C(O)(C(F)(F)F)C(F)(F)F)CC1)(C(F)(F)F)C(F)(F)F. The lowest BCUT2D eigenvalue weighted by atomic mass is 9.70. The highest BCUT2D eigenvalue weighted by atomic mass is 19.4. The summed E-state index contributed by atoms with van der Waals surface area (Å²) >= 11 is 0. The molecule has 0 aliphatic heterocycles. The molecule has 0 atom stereocenters. The molecule has 0 saturated heterocycles. The van der Waals surface area contributed by atoms with Crippen LogP contribution in [0.4, 0.5) is 52.7 Å². The van der Waals surface area contributed by atoms with Crippen LogP contribution in [0.1, 0.15) is 32.1 Å². The van der Waals surface area contributed by atoms with E-state index in [1.54, 1.807) is 0 Å². The zero-order valence-electron chi connectivity index (χ0n) is 13.1. The van der Waals surface area contributed by atoms with Gasteiger partial charge in [0, 0.05) is 5.92 Å². The fourth-order valence-corrected chi connectivity index (χ4v) is 3.22. The summed E-state index contributed by atoms with van der Waals surface area (Å²) in [5.74, 6) is -4.13. The second-order valence-electron chi connectivity index (χ2n) is 6.54. The molecule has 0 bridgehead atoms. The topological polar surface area (TPSA) is 40.5 Å². The Hall–Kier alpha value is -0.920. The molecular formula is C13H14F12O2. The van der Waals surface area contributed by atoms with Crippen LogP contribution >= 0.6 is 0 Å². The second kappa shape index (κ2) is 6.85. The van der Waals surface area contributed by atoms with E-state index in [-0.39, 0.29) is 0 Å². The molecule has 2 N–H and O–H groups in total. The number of hydrogen-bond donors (Lipinski definition) is 2. The molecule has 0 spiro atoms. The Morgan fingerprint density at radius 1 is 0.556 bits per heavy atom. The summed E-state index contributed by atoms with van der Waals surface area (Å²) in [7, 11) is 0. The van der Waals surface area contributed by atoms with E-state index in [9.17, 15) is 57.8 Å². The third kappa shape index (κ3) is 4.25. The molecule has 0 unspecified atom stereocenters. The Bertz CT molecular complexity index is 479. The maximum Gasteiger partial charge on any atom is 0.426 e. The van der Waals surface area contributed by atoms with Crippen LogP contribution in [-0.2, 0) is 0 Å². The predicted octanol–water partition coefficient (Wildman–Crippen LogP) is 4.89. The van der Waals surface area contributed by atoms with Crippen LogP contribution in [0, 0.1) is 11.8 Å². The lowest BCUT2D eigenvalue weighted by Crippen LogP contribution is -2.62. The van der Waals surface area contributed by atoms with Crippen LogP contribution in [0.2, 0.25) is 0 Å². The molecule has 1 fully saturated rings. The van der Waals surface area contributed by atoms with Crippen LogP contribution in [0.25, 0.3) is 0 Å². The van der Waals surface area contributed by atoms with Crippen molar-refractivity contribution in [1.29, 1.82) is 0 Å². The smallest absolute Gasteiger partial charge is 0.374 e. The van der Waals surface area contributed by atoms with Gasteiger partial charge in [0.05, 0.1) is 0 Å². The number of rotatable bonds is 3. The first-order chi connectivity index (χ1) is 11.7. The van der Waals surface area contributed by atoms with Gasteiger partial charge in [-0.15, -0.1) is 0 Å². The highest BCUT2D eigenvalue weighted by Gasteiger charge is 2.74. The van der Waals surface area contributed by atoms with E-state index >= 15 is 0 Å². The highest BCUT2D eigenvalue weighted by molar-refractivity contribution is 5.02. The van der Waals surface area contributed by atoms with Gasteiger partial charge >= 0.3 is 24.7 Å². The van der Waals surface area contributed by atoms with Crippen molar-refractivity contribution in [2.75, 3.05) is 0 Å². The largest absolute Gasteiger partial charge is 0.426 e. The molecule has 1 aliphatic carbocycles. The first kappa shape index (κ1) is 24.1. The quantitative estimate of drug-likeness (QED) is 0.626. The summed E-state index contributed by atoms with van der Waals surface area (Å²) in [6, 6.07) is 0. The Morgan fingerprint density at radius 3 is 1.15 bits per heavy atom. The number of hydrogen-bond acceptors (Lipinski definition) is 2. The lowest BCUT2D eigenvalue weighted by Gasteiger charge is -2.43. The molecule has 14 heteroatoms. The van der Waals surface area contributed by atoms with Gasteiger partial charge < -0.3 is 10.2 Å². The Balaban J connectivity index is 2.99. The van der Waals surface area contributed by atoms with Gasteiger partial charge in [-0.25, -0.2) is 0 Å². The first-order valence-electron chi connectivity index (χ1n) is 7.40. The van der Waals surface area contributed by atoms with E-state index in [2.05, 4.69) is 0 Å². The van der Waals surface area contributed by atoms with Gasteiger partial charge in [0.1, 0.15) is 0 Å². The van der Waals surface area contributed by atoms with Crippen LogP contribution in [-0.4, -0.2) is 46.1 Å². The molecule has 27 heavy (non-hydrogen) atoms. The summed E-state index contributed by atoms with van der Waals surface area (Å²) in [6.07, 6.45) is -30.5. The average Bonchev–Trinajstić information content (AvgIpc) is 2.42. The number of alkyl halides is 12. The molecule has 1 saturated carbocycles. The summed E-state index contributed by atoms with van der Waals surface area (Å²) < 4.78 is 152. The van der Waals surface area contributed by atoms with Crippen LogP contribution in [0.5, 0.6) is 0 Å². The number of aliphatic hydroxyl groups is 2. The standard InChI is InChI=1S/C13H14F12O2/c14-10(15,16)8(26,11(17,18)19)5-6-1-3-7(4-2-6)9(27,12(20,21)22)13(23,24)25/h6-7,26-27H,1-5H2. The van der Waals surface area contributed by atoms with E-state index in [1.165, 1.54) is 0 Å². The minimum absolute atomic E-state index is 0.895. The lowest BCUT2D eigenvalue weighted by molar-refractivity contribution is -0.388. The van der Waals surface area contributed by atoms with Crippen molar-refractivity contribution in [1.82, 2.24) is 0 Å². The average molecular weight is 430 g/mol. The van der Waals surface area contributed by atoms with Gasteiger partial charge in [0.2, 0.25) is 0 Å². The van der Waals surface area contributed by atoms with E-state index in [0.717, 1.165) is 0 Å². The third-order valence-electron chi connectivity index (χ3n) is 4.82.